The zero-order valence-electron chi connectivity index (χ0n) is 8.14. The lowest BCUT2D eigenvalue weighted by atomic mass is 10.1. The standard InChI is InChI=1S/C9H12F4OS/c1-2-3-4-6(15)5-7(14)9(12,13)8(10)11/h5,8,15H,2-4H2,1H3. The highest BCUT2D eigenvalue weighted by Gasteiger charge is 2.47. The molecule has 0 heterocycles. The van der Waals surface area contributed by atoms with Crippen LogP contribution in [0.5, 0.6) is 0 Å². The molecule has 0 aliphatic rings. The first-order valence-electron chi connectivity index (χ1n) is 4.42. The summed E-state index contributed by atoms with van der Waals surface area (Å²) in [6.07, 6.45) is -1.69. The first kappa shape index (κ1) is 14.5. The molecule has 0 radical (unpaired) electrons. The Balaban J connectivity index is 4.46. The number of rotatable bonds is 6. The molecule has 0 saturated heterocycles. The van der Waals surface area contributed by atoms with Crippen molar-refractivity contribution in [1.82, 2.24) is 0 Å². The molecule has 0 fully saturated rings. The zero-order chi connectivity index (χ0) is 12.1. The molecule has 0 atom stereocenters. The van der Waals surface area contributed by atoms with Gasteiger partial charge >= 0.3 is 12.3 Å². The molecule has 0 bridgehead atoms. The first-order valence-corrected chi connectivity index (χ1v) is 4.87. The van der Waals surface area contributed by atoms with E-state index in [1.165, 1.54) is 0 Å². The molecule has 0 N–H and O–H groups in total. The second-order valence-corrected chi connectivity index (χ2v) is 3.60. The normalized spacial score (nSPS) is 13.4. The van der Waals surface area contributed by atoms with Gasteiger partial charge in [0.05, 0.1) is 0 Å². The third kappa shape index (κ3) is 4.68. The molecule has 0 unspecified atom stereocenters. The quantitative estimate of drug-likeness (QED) is 0.430. The monoisotopic (exact) mass is 244 g/mol. The van der Waals surface area contributed by atoms with Crippen LogP contribution in [0.2, 0.25) is 0 Å². The van der Waals surface area contributed by atoms with Gasteiger partial charge in [0.25, 0.3) is 0 Å². The minimum Gasteiger partial charge on any atom is -0.288 e. The lowest BCUT2D eigenvalue weighted by Crippen LogP contribution is -2.35. The largest absolute Gasteiger partial charge is 0.368 e. The summed E-state index contributed by atoms with van der Waals surface area (Å²) in [6, 6.07) is 0. The molecule has 6 heteroatoms. The Kier molecular flexibility index (Phi) is 5.93. The van der Waals surface area contributed by atoms with Gasteiger partial charge in [-0.1, -0.05) is 13.3 Å². The average molecular weight is 244 g/mol. The SMILES string of the molecule is CCCCC(S)=CC(=O)C(F)(F)C(F)F. The van der Waals surface area contributed by atoms with Crippen molar-refractivity contribution in [3.63, 3.8) is 0 Å². The predicted molar refractivity (Wildman–Crippen MR) is 52.6 cm³/mol. The van der Waals surface area contributed by atoms with Gasteiger partial charge < -0.3 is 0 Å². The van der Waals surface area contributed by atoms with E-state index >= 15 is 0 Å². The Hall–Kier alpha value is -0.520. The summed E-state index contributed by atoms with van der Waals surface area (Å²) in [5.41, 5.74) is 0. The topological polar surface area (TPSA) is 17.1 Å². The molecule has 0 rings (SSSR count). The van der Waals surface area contributed by atoms with E-state index in [-0.39, 0.29) is 4.91 Å². The van der Waals surface area contributed by atoms with Gasteiger partial charge in [-0.15, -0.1) is 12.6 Å². The van der Waals surface area contributed by atoms with Crippen molar-refractivity contribution in [1.29, 1.82) is 0 Å². The van der Waals surface area contributed by atoms with Gasteiger partial charge in [0, 0.05) is 0 Å². The average Bonchev–Trinajstić information content (AvgIpc) is 2.14. The van der Waals surface area contributed by atoms with E-state index in [9.17, 15) is 22.4 Å². The molecule has 0 amide bonds. The fourth-order valence-electron chi connectivity index (χ4n) is 0.785. The summed E-state index contributed by atoms with van der Waals surface area (Å²) < 4.78 is 48.4. The number of ketones is 1. The number of halogens is 4. The Morgan fingerprint density at radius 2 is 2.00 bits per heavy atom. The molecule has 0 aliphatic carbocycles. The van der Waals surface area contributed by atoms with Crippen LogP contribution >= 0.6 is 12.6 Å². The van der Waals surface area contributed by atoms with Gasteiger partial charge in [-0.25, -0.2) is 8.78 Å². The summed E-state index contributed by atoms with van der Waals surface area (Å²) in [6.45, 7) is 1.87. The molecule has 88 valence electrons. The van der Waals surface area contributed by atoms with Crippen molar-refractivity contribution < 1.29 is 22.4 Å². The molecular formula is C9H12F4OS. The van der Waals surface area contributed by atoms with Crippen LogP contribution in [0.4, 0.5) is 17.6 Å². The highest BCUT2D eigenvalue weighted by Crippen LogP contribution is 2.25. The second kappa shape index (κ2) is 6.15. The van der Waals surface area contributed by atoms with Crippen LogP contribution in [0.3, 0.4) is 0 Å². The molecule has 0 aromatic heterocycles. The van der Waals surface area contributed by atoms with Gasteiger partial charge in [-0.3, -0.25) is 4.79 Å². The number of thiol groups is 1. The fourth-order valence-corrected chi connectivity index (χ4v) is 1.06. The maximum Gasteiger partial charge on any atom is 0.368 e. The van der Waals surface area contributed by atoms with E-state index in [2.05, 4.69) is 12.6 Å². The van der Waals surface area contributed by atoms with Gasteiger partial charge in [-0.05, 0) is 23.8 Å². The van der Waals surface area contributed by atoms with Crippen molar-refractivity contribution in [2.24, 2.45) is 0 Å². The van der Waals surface area contributed by atoms with Gasteiger partial charge in [0.2, 0.25) is 5.78 Å². The van der Waals surface area contributed by atoms with Crippen molar-refractivity contribution in [2.45, 2.75) is 38.5 Å². The number of hydrogen-bond acceptors (Lipinski definition) is 2. The van der Waals surface area contributed by atoms with Crippen molar-refractivity contribution in [3.8, 4) is 0 Å². The molecular weight excluding hydrogens is 232 g/mol. The van der Waals surface area contributed by atoms with Crippen LogP contribution in [0.25, 0.3) is 0 Å². The van der Waals surface area contributed by atoms with E-state index in [0.29, 0.717) is 18.9 Å². The molecule has 1 nitrogen and oxygen atoms in total. The summed E-state index contributed by atoms with van der Waals surface area (Å²) in [7, 11) is 0. The minimum atomic E-state index is -4.61. The maximum atomic E-state index is 12.4. The lowest BCUT2D eigenvalue weighted by Gasteiger charge is -2.11. The smallest absolute Gasteiger partial charge is 0.288 e. The predicted octanol–water partition coefficient (Wildman–Crippen LogP) is 3.46. The van der Waals surface area contributed by atoms with Crippen LogP contribution in [0, 0.1) is 0 Å². The third-order valence-corrected chi connectivity index (χ3v) is 2.04. The maximum absolute atomic E-state index is 12.4. The number of allylic oxidation sites excluding steroid dienone is 2. The molecule has 0 spiro atoms. The zero-order valence-corrected chi connectivity index (χ0v) is 9.04. The van der Waals surface area contributed by atoms with Crippen molar-refractivity contribution in [3.05, 3.63) is 11.0 Å². The van der Waals surface area contributed by atoms with Gasteiger partial charge in [-0.2, -0.15) is 8.78 Å². The van der Waals surface area contributed by atoms with Crippen LogP contribution in [0.1, 0.15) is 26.2 Å². The van der Waals surface area contributed by atoms with Crippen LogP contribution < -0.4 is 0 Å². The Morgan fingerprint density at radius 3 is 2.40 bits per heavy atom. The lowest BCUT2D eigenvalue weighted by molar-refractivity contribution is -0.161. The van der Waals surface area contributed by atoms with E-state index < -0.39 is 18.1 Å². The summed E-state index contributed by atoms with van der Waals surface area (Å²) >= 11 is 3.77. The fraction of sp³-hybridized carbons (Fsp3) is 0.667. The highest BCUT2D eigenvalue weighted by molar-refractivity contribution is 7.84. The summed E-state index contributed by atoms with van der Waals surface area (Å²) in [5.74, 6) is -6.50. The van der Waals surface area contributed by atoms with Crippen LogP contribution in [-0.2, 0) is 4.79 Å². The van der Waals surface area contributed by atoms with E-state index in [1.54, 1.807) is 0 Å². The number of alkyl halides is 4. The van der Waals surface area contributed by atoms with E-state index in [4.69, 9.17) is 0 Å². The van der Waals surface area contributed by atoms with E-state index in [1.807, 2.05) is 6.92 Å². The van der Waals surface area contributed by atoms with Crippen LogP contribution in [0.15, 0.2) is 11.0 Å². The molecule has 0 aromatic rings. The number of carbonyl (C=O) groups excluding carboxylic acids is 1. The third-order valence-electron chi connectivity index (χ3n) is 1.69. The van der Waals surface area contributed by atoms with Gasteiger partial charge in [0.1, 0.15) is 0 Å². The summed E-state index contributed by atoms with van der Waals surface area (Å²) in [4.78, 5) is 10.8. The number of carbonyl (C=O) groups is 1. The Labute approximate surface area is 90.9 Å². The second-order valence-electron chi connectivity index (χ2n) is 3.03. The van der Waals surface area contributed by atoms with Gasteiger partial charge in [0.15, 0.2) is 0 Å². The molecule has 0 aromatic carbocycles. The van der Waals surface area contributed by atoms with E-state index in [0.717, 1.165) is 6.42 Å². The van der Waals surface area contributed by atoms with Crippen molar-refractivity contribution in [2.75, 3.05) is 0 Å². The Morgan fingerprint density at radius 1 is 1.47 bits per heavy atom. The van der Waals surface area contributed by atoms with Crippen molar-refractivity contribution >= 4 is 18.4 Å². The number of hydrogen-bond donors (Lipinski definition) is 1. The number of unbranched alkanes of at least 4 members (excludes halogenated alkanes) is 1. The Bertz CT molecular complexity index is 250. The van der Waals surface area contributed by atoms with Crippen LogP contribution in [-0.4, -0.2) is 18.1 Å². The first-order chi connectivity index (χ1) is 6.82. The summed E-state index contributed by atoms with van der Waals surface area (Å²) in [5, 5.41) is 0. The minimum absolute atomic E-state index is 0.0992. The highest BCUT2D eigenvalue weighted by atomic mass is 32.1. The molecule has 0 saturated carbocycles. The molecule has 0 aliphatic heterocycles. The molecule has 15 heavy (non-hydrogen) atoms.